The van der Waals surface area contributed by atoms with E-state index in [2.05, 4.69) is 29.1 Å². The van der Waals surface area contributed by atoms with Crippen molar-refractivity contribution >= 4 is 24.8 Å². The van der Waals surface area contributed by atoms with E-state index in [0.29, 0.717) is 12.1 Å². The highest BCUT2D eigenvalue weighted by molar-refractivity contribution is 5.85. The SMILES string of the molecule is C#CC1=C[C@H](N2CCNC[C@H]2C)CC1.Cl.Cl. The van der Waals surface area contributed by atoms with Gasteiger partial charge in [0.15, 0.2) is 0 Å². The predicted octanol–water partition coefficient (Wildman–Crippen LogP) is 1.85. The molecule has 0 unspecified atom stereocenters. The minimum atomic E-state index is 0. The fourth-order valence-corrected chi connectivity index (χ4v) is 2.43. The van der Waals surface area contributed by atoms with Gasteiger partial charge in [0.1, 0.15) is 0 Å². The van der Waals surface area contributed by atoms with Crippen molar-refractivity contribution in [2.45, 2.75) is 31.8 Å². The van der Waals surface area contributed by atoms with Gasteiger partial charge in [-0.3, -0.25) is 4.90 Å². The van der Waals surface area contributed by atoms with Gasteiger partial charge in [-0.2, -0.15) is 0 Å². The van der Waals surface area contributed by atoms with Crippen LogP contribution in [0.25, 0.3) is 0 Å². The van der Waals surface area contributed by atoms with Crippen LogP contribution in [0.15, 0.2) is 11.6 Å². The van der Waals surface area contributed by atoms with E-state index in [0.717, 1.165) is 26.1 Å². The predicted molar refractivity (Wildman–Crippen MR) is 73.5 cm³/mol. The van der Waals surface area contributed by atoms with Crippen LogP contribution in [0.1, 0.15) is 19.8 Å². The highest BCUT2D eigenvalue weighted by Gasteiger charge is 2.27. The normalized spacial score (nSPS) is 29.6. The Morgan fingerprint density at radius 2 is 2.25 bits per heavy atom. The molecule has 0 radical (unpaired) electrons. The quantitative estimate of drug-likeness (QED) is 0.726. The van der Waals surface area contributed by atoms with Gasteiger partial charge in [0, 0.05) is 31.7 Å². The van der Waals surface area contributed by atoms with Crippen LogP contribution in [-0.4, -0.2) is 36.6 Å². The molecule has 1 N–H and O–H groups in total. The summed E-state index contributed by atoms with van der Waals surface area (Å²) >= 11 is 0. The zero-order valence-electron chi connectivity index (χ0n) is 9.61. The van der Waals surface area contributed by atoms with E-state index in [4.69, 9.17) is 6.42 Å². The first-order valence-corrected chi connectivity index (χ1v) is 5.45. The van der Waals surface area contributed by atoms with Crippen LogP contribution in [0.3, 0.4) is 0 Å². The van der Waals surface area contributed by atoms with E-state index in [-0.39, 0.29) is 24.8 Å². The Hall–Kier alpha value is -0.200. The molecule has 1 aliphatic carbocycles. The lowest BCUT2D eigenvalue weighted by atomic mass is 10.1. The van der Waals surface area contributed by atoms with Gasteiger partial charge in [-0.15, -0.1) is 31.2 Å². The second-order valence-electron chi connectivity index (χ2n) is 4.23. The Morgan fingerprint density at radius 3 is 2.81 bits per heavy atom. The van der Waals surface area contributed by atoms with Crippen LogP contribution >= 0.6 is 24.8 Å². The minimum Gasteiger partial charge on any atom is -0.314 e. The third kappa shape index (κ3) is 3.40. The molecule has 1 heterocycles. The van der Waals surface area contributed by atoms with Crippen LogP contribution in [0.5, 0.6) is 0 Å². The number of hydrogen-bond donors (Lipinski definition) is 1. The number of halogens is 2. The first-order chi connectivity index (χ1) is 6.81. The number of hydrogen-bond acceptors (Lipinski definition) is 2. The van der Waals surface area contributed by atoms with Gasteiger partial charge in [-0.05, 0) is 25.3 Å². The lowest BCUT2D eigenvalue weighted by molar-refractivity contribution is 0.139. The monoisotopic (exact) mass is 262 g/mol. The molecule has 1 saturated heterocycles. The summed E-state index contributed by atoms with van der Waals surface area (Å²) in [5.41, 5.74) is 1.20. The number of terminal acetylenes is 1. The highest BCUT2D eigenvalue weighted by atomic mass is 35.5. The summed E-state index contributed by atoms with van der Waals surface area (Å²) in [6, 6.07) is 1.24. The van der Waals surface area contributed by atoms with Gasteiger partial charge < -0.3 is 5.32 Å². The lowest BCUT2D eigenvalue weighted by Crippen LogP contribution is -2.52. The van der Waals surface area contributed by atoms with Crippen LogP contribution in [0.4, 0.5) is 0 Å². The molecule has 0 aromatic rings. The Labute approximate surface area is 111 Å². The largest absolute Gasteiger partial charge is 0.314 e. The van der Waals surface area contributed by atoms with Crippen molar-refractivity contribution in [3.8, 4) is 12.3 Å². The van der Waals surface area contributed by atoms with E-state index in [1.54, 1.807) is 0 Å². The molecule has 4 heteroatoms. The highest BCUT2D eigenvalue weighted by Crippen LogP contribution is 2.24. The number of nitrogens with zero attached hydrogens (tertiary/aromatic N) is 1. The van der Waals surface area contributed by atoms with Crippen molar-refractivity contribution in [1.29, 1.82) is 0 Å². The van der Waals surface area contributed by atoms with E-state index in [1.807, 2.05) is 0 Å². The summed E-state index contributed by atoms with van der Waals surface area (Å²) in [7, 11) is 0. The maximum atomic E-state index is 5.41. The molecule has 2 rings (SSSR count). The number of allylic oxidation sites excluding steroid dienone is 1. The zero-order chi connectivity index (χ0) is 9.97. The Morgan fingerprint density at radius 1 is 1.50 bits per heavy atom. The molecule has 0 bridgehead atoms. The average molecular weight is 263 g/mol. The third-order valence-electron chi connectivity index (χ3n) is 3.27. The van der Waals surface area contributed by atoms with Crippen LogP contribution in [0.2, 0.25) is 0 Å². The zero-order valence-corrected chi connectivity index (χ0v) is 11.2. The molecule has 0 amide bonds. The van der Waals surface area contributed by atoms with Crippen LogP contribution in [-0.2, 0) is 0 Å². The topological polar surface area (TPSA) is 15.3 Å². The van der Waals surface area contributed by atoms with Gasteiger partial charge in [-0.1, -0.05) is 12.0 Å². The Bertz CT molecular complexity index is 283. The maximum absolute atomic E-state index is 5.41. The molecule has 2 nitrogen and oxygen atoms in total. The van der Waals surface area contributed by atoms with Crippen molar-refractivity contribution in [3.63, 3.8) is 0 Å². The van der Waals surface area contributed by atoms with E-state index in [9.17, 15) is 0 Å². The molecule has 2 aliphatic rings. The molecule has 2 atom stereocenters. The minimum absolute atomic E-state index is 0. The fourth-order valence-electron chi connectivity index (χ4n) is 2.43. The molecule has 16 heavy (non-hydrogen) atoms. The standard InChI is InChI=1S/C12H18N2.2ClH/c1-3-11-4-5-12(8-11)14-7-6-13-9-10(14)2;;/h1,8,10,12-13H,4-7,9H2,2H3;2*1H/t10-,12-;;/m1../s1. The van der Waals surface area contributed by atoms with E-state index < -0.39 is 0 Å². The second-order valence-corrected chi connectivity index (χ2v) is 4.23. The first-order valence-electron chi connectivity index (χ1n) is 5.45. The number of rotatable bonds is 1. The van der Waals surface area contributed by atoms with Crippen LogP contribution in [0, 0.1) is 12.3 Å². The summed E-state index contributed by atoms with van der Waals surface area (Å²) in [5, 5.41) is 3.41. The molecule has 92 valence electrons. The maximum Gasteiger partial charge on any atom is 0.0297 e. The van der Waals surface area contributed by atoms with Crippen molar-refractivity contribution in [2.75, 3.05) is 19.6 Å². The number of piperazine rings is 1. The molecule has 0 spiro atoms. The summed E-state index contributed by atoms with van der Waals surface area (Å²) in [6.45, 7) is 5.66. The smallest absolute Gasteiger partial charge is 0.0297 e. The van der Waals surface area contributed by atoms with Crippen LogP contribution < -0.4 is 5.32 Å². The first kappa shape index (κ1) is 15.8. The molecule has 0 aromatic carbocycles. The third-order valence-corrected chi connectivity index (χ3v) is 3.27. The fraction of sp³-hybridized carbons (Fsp3) is 0.667. The van der Waals surface area contributed by atoms with Gasteiger partial charge >= 0.3 is 0 Å². The van der Waals surface area contributed by atoms with E-state index >= 15 is 0 Å². The molecule has 1 fully saturated rings. The van der Waals surface area contributed by atoms with Crippen molar-refractivity contribution in [1.82, 2.24) is 10.2 Å². The van der Waals surface area contributed by atoms with Gasteiger partial charge in [-0.25, -0.2) is 0 Å². The molecule has 0 aromatic heterocycles. The summed E-state index contributed by atoms with van der Waals surface area (Å²) in [5.74, 6) is 2.77. The summed E-state index contributed by atoms with van der Waals surface area (Å²) < 4.78 is 0. The van der Waals surface area contributed by atoms with Gasteiger partial charge in [0.2, 0.25) is 0 Å². The Balaban J connectivity index is 0.00000112. The Kier molecular flexibility index (Phi) is 7.10. The summed E-state index contributed by atoms with van der Waals surface area (Å²) in [4.78, 5) is 2.57. The van der Waals surface area contributed by atoms with Crippen molar-refractivity contribution in [3.05, 3.63) is 11.6 Å². The lowest BCUT2D eigenvalue weighted by Gasteiger charge is -2.37. The number of nitrogens with one attached hydrogen (secondary N) is 1. The molecular weight excluding hydrogens is 243 g/mol. The molecule has 1 aliphatic heterocycles. The van der Waals surface area contributed by atoms with Crippen molar-refractivity contribution < 1.29 is 0 Å². The van der Waals surface area contributed by atoms with Crippen molar-refractivity contribution in [2.24, 2.45) is 0 Å². The average Bonchev–Trinajstić information content (AvgIpc) is 2.67. The van der Waals surface area contributed by atoms with Gasteiger partial charge in [0.05, 0.1) is 0 Å². The summed E-state index contributed by atoms with van der Waals surface area (Å²) in [6.07, 6.45) is 10.00. The molecule has 0 saturated carbocycles. The van der Waals surface area contributed by atoms with Gasteiger partial charge in [0.25, 0.3) is 0 Å². The van der Waals surface area contributed by atoms with E-state index in [1.165, 1.54) is 12.0 Å². The second kappa shape index (κ2) is 7.19. The molecular formula is C12H20Cl2N2.